The third-order valence-electron chi connectivity index (χ3n) is 12.0. The van der Waals surface area contributed by atoms with E-state index in [-0.39, 0.29) is 5.41 Å². The van der Waals surface area contributed by atoms with Crippen LogP contribution in [0.15, 0.2) is 182 Å². The molecule has 1 aliphatic rings. The zero-order valence-corrected chi connectivity index (χ0v) is 29.8. The Morgan fingerprint density at radius 1 is 0.283 bits per heavy atom. The second kappa shape index (κ2) is 11.2. The van der Waals surface area contributed by atoms with Gasteiger partial charge in [-0.05, 0) is 128 Å². The monoisotopic (exact) mass is 672 g/mol. The predicted molar refractivity (Wildman–Crippen MR) is 228 cm³/mol. The summed E-state index contributed by atoms with van der Waals surface area (Å²) in [6, 6.07) is 68.0. The first-order valence-electron chi connectivity index (χ1n) is 18.7. The molecule has 0 aromatic heterocycles. The summed E-state index contributed by atoms with van der Waals surface area (Å²) in [5.74, 6) is 0. The quantitative estimate of drug-likeness (QED) is 0.129. The summed E-state index contributed by atoms with van der Waals surface area (Å²) in [5.41, 5.74) is 13.0. The van der Waals surface area contributed by atoms with Gasteiger partial charge in [-0.25, -0.2) is 0 Å². The van der Waals surface area contributed by atoms with Gasteiger partial charge in [0.15, 0.2) is 0 Å². The number of hydrogen-bond donors (Lipinski definition) is 0. The molecule has 0 saturated carbocycles. The van der Waals surface area contributed by atoms with Crippen molar-refractivity contribution in [1.29, 1.82) is 0 Å². The maximum Gasteiger partial charge on any atom is 0.0159 e. The fraction of sp³-hybridized carbons (Fsp3) is 0.0566. The van der Waals surface area contributed by atoms with Crippen LogP contribution < -0.4 is 0 Å². The number of fused-ring (bicyclic) bond motifs is 10. The van der Waals surface area contributed by atoms with Crippen LogP contribution >= 0.6 is 0 Å². The molecular formula is C53H36. The summed E-state index contributed by atoms with van der Waals surface area (Å²) in [5, 5.41) is 12.8. The molecule has 53 heavy (non-hydrogen) atoms. The first-order chi connectivity index (χ1) is 26.0. The van der Waals surface area contributed by atoms with E-state index in [1.165, 1.54) is 109 Å². The Morgan fingerprint density at radius 2 is 0.736 bits per heavy atom. The molecule has 0 amide bonds. The van der Waals surface area contributed by atoms with Crippen LogP contribution in [0.1, 0.15) is 25.0 Å². The molecule has 1 aliphatic carbocycles. The summed E-state index contributed by atoms with van der Waals surface area (Å²) in [4.78, 5) is 0. The Hall–Kier alpha value is -6.50. The minimum absolute atomic E-state index is 0.0488. The summed E-state index contributed by atoms with van der Waals surface area (Å²) in [7, 11) is 0. The van der Waals surface area contributed by atoms with E-state index in [4.69, 9.17) is 0 Å². The molecule has 0 N–H and O–H groups in total. The molecule has 0 fully saturated rings. The van der Waals surface area contributed by atoms with Gasteiger partial charge in [0.05, 0.1) is 0 Å². The van der Waals surface area contributed by atoms with Crippen LogP contribution in [0, 0.1) is 0 Å². The Bertz CT molecular complexity index is 3080. The summed E-state index contributed by atoms with van der Waals surface area (Å²) < 4.78 is 0. The van der Waals surface area contributed by atoms with Gasteiger partial charge in [0.25, 0.3) is 0 Å². The van der Waals surface area contributed by atoms with Crippen molar-refractivity contribution < 1.29 is 0 Å². The highest BCUT2D eigenvalue weighted by molar-refractivity contribution is 6.22. The van der Waals surface area contributed by atoms with Crippen molar-refractivity contribution in [2.24, 2.45) is 0 Å². The van der Waals surface area contributed by atoms with Gasteiger partial charge in [0, 0.05) is 5.41 Å². The Labute approximate surface area is 309 Å². The van der Waals surface area contributed by atoms with Crippen molar-refractivity contribution in [3.8, 4) is 44.5 Å². The van der Waals surface area contributed by atoms with E-state index < -0.39 is 0 Å². The molecule has 0 spiro atoms. The standard InChI is InChI=1S/C53H36/c1-53(2)48-28-27-37(31-47(48)52-41-17-6-4-13-34(41)26-29-49(52)53)36-14-11-15-38(30-36)50-42-18-7-9-20-44(42)51(45-21-10-8-19-43(45)50)39-25-24-35-23-22-33-12-3-5-16-40(33)46(35)32-39/h3-32H,1-2H3. The van der Waals surface area contributed by atoms with Crippen LogP contribution in [-0.2, 0) is 5.41 Å². The van der Waals surface area contributed by atoms with Gasteiger partial charge in [-0.3, -0.25) is 0 Å². The molecule has 0 saturated heterocycles. The first-order valence-corrected chi connectivity index (χ1v) is 18.7. The topological polar surface area (TPSA) is 0 Å². The lowest BCUT2D eigenvalue weighted by Gasteiger charge is -2.21. The third-order valence-corrected chi connectivity index (χ3v) is 12.0. The van der Waals surface area contributed by atoms with Crippen molar-refractivity contribution in [2.75, 3.05) is 0 Å². The van der Waals surface area contributed by atoms with Crippen molar-refractivity contribution in [1.82, 2.24) is 0 Å². The Morgan fingerprint density at radius 3 is 1.42 bits per heavy atom. The highest BCUT2D eigenvalue weighted by atomic mass is 14.4. The van der Waals surface area contributed by atoms with Crippen LogP contribution in [-0.4, -0.2) is 0 Å². The molecular weight excluding hydrogens is 637 g/mol. The van der Waals surface area contributed by atoms with Crippen LogP contribution in [0.4, 0.5) is 0 Å². The summed E-state index contributed by atoms with van der Waals surface area (Å²) in [6.45, 7) is 4.74. The fourth-order valence-electron chi connectivity index (χ4n) is 9.47. The van der Waals surface area contributed by atoms with Crippen molar-refractivity contribution in [2.45, 2.75) is 19.3 Å². The highest BCUT2D eigenvalue weighted by Crippen LogP contribution is 2.52. The third kappa shape index (κ3) is 4.42. The van der Waals surface area contributed by atoms with Crippen LogP contribution in [0.25, 0.3) is 98.4 Å². The largest absolute Gasteiger partial charge is 0.0616 e. The molecule has 0 atom stereocenters. The summed E-state index contributed by atoms with van der Waals surface area (Å²) in [6.07, 6.45) is 0. The molecule has 10 aromatic carbocycles. The van der Waals surface area contributed by atoms with Crippen molar-refractivity contribution in [3.05, 3.63) is 193 Å². The van der Waals surface area contributed by atoms with E-state index in [0.717, 1.165) is 0 Å². The molecule has 0 aliphatic heterocycles. The minimum Gasteiger partial charge on any atom is -0.0616 e. The maximum atomic E-state index is 2.44. The zero-order chi connectivity index (χ0) is 35.3. The average molecular weight is 673 g/mol. The van der Waals surface area contributed by atoms with E-state index in [2.05, 4.69) is 196 Å². The van der Waals surface area contributed by atoms with E-state index in [0.29, 0.717) is 0 Å². The normalized spacial score (nSPS) is 13.2. The fourth-order valence-corrected chi connectivity index (χ4v) is 9.47. The van der Waals surface area contributed by atoms with Gasteiger partial charge >= 0.3 is 0 Å². The van der Waals surface area contributed by atoms with Gasteiger partial charge < -0.3 is 0 Å². The Balaban J connectivity index is 1.11. The number of benzene rings is 10. The van der Waals surface area contributed by atoms with Crippen molar-refractivity contribution in [3.63, 3.8) is 0 Å². The van der Waals surface area contributed by atoms with Gasteiger partial charge in [0.1, 0.15) is 0 Å². The molecule has 0 heterocycles. The Kier molecular flexibility index (Phi) is 6.40. The number of rotatable bonds is 3. The smallest absolute Gasteiger partial charge is 0.0159 e. The van der Waals surface area contributed by atoms with Gasteiger partial charge in [0.2, 0.25) is 0 Å². The number of hydrogen-bond acceptors (Lipinski definition) is 0. The molecule has 10 aromatic rings. The van der Waals surface area contributed by atoms with Crippen LogP contribution in [0.3, 0.4) is 0 Å². The van der Waals surface area contributed by atoms with E-state index in [9.17, 15) is 0 Å². The highest BCUT2D eigenvalue weighted by Gasteiger charge is 2.36. The molecule has 0 bridgehead atoms. The predicted octanol–water partition coefficient (Wildman–Crippen LogP) is 14.8. The van der Waals surface area contributed by atoms with E-state index >= 15 is 0 Å². The summed E-state index contributed by atoms with van der Waals surface area (Å²) >= 11 is 0. The molecule has 0 radical (unpaired) electrons. The maximum absolute atomic E-state index is 2.44. The second-order valence-electron chi connectivity index (χ2n) is 15.2. The molecule has 0 nitrogen and oxygen atoms in total. The molecule has 0 unspecified atom stereocenters. The lowest BCUT2D eigenvalue weighted by Crippen LogP contribution is -2.14. The minimum atomic E-state index is -0.0488. The molecule has 11 rings (SSSR count). The second-order valence-corrected chi connectivity index (χ2v) is 15.2. The average Bonchev–Trinajstić information content (AvgIpc) is 3.45. The molecule has 0 heteroatoms. The zero-order valence-electron chi connectivity index (χ0n) is 29.8. The van der Waals surface area contributed by atoms with Gasteiger partial charge in [-0.2, -0.15) is 0 Å². The van der Waals surface area contributed by atoms with Crippen LogP contribution in [0.5, 0.6) is 0 Å². The van der Waals surface area contributed by atoms with Gasteiger partial charge in [-0.1, -0.05) is 178 Å². The lowest BCUT2D eigenvalue weighted by molar-refractivity contribution is 0.661. The van der Waals surface area contributed by atoms with Crippen LogP contribution in [0.2, 0.25) is 0 Å². The SMILES string of the molecule is CC1(C)c2ccc(-c3cccc(-c4c5ccccc5c(-c5ccc6ccc7ccccc7c6c5)c5ccccc45)c3)cc2-c2c1ccc1ccccc21. The first kappa shape index (κ1) is 30.2. The van der Waals surface area contributed by atoms with E-state index in [1.54, 1.807) is 0 Å². The lowest BCUT2D eigenvalue weighted by atomic mass is 9.81. The van der Waals surface area contributed by atoms with Crippen molar-refractivity contribution >= 4 is 53.9 Å². The van der Waals surface area contributed by atoms with Gasteiger partial charge in [-0.15, -0.1) is 0 Å². The molecule has 248 valence electrons. The van der Waals surface area contributed by atoms with E-state index in [1.807, 2.05) is 0 Å².